The van der Waals surface area contributed by atoms with Gasteiger partial charge in [0.2, 0.25) is 10.0 Å². The molecule has 0 unspecified atom stereocenters. The predicted molar refractivity (Wildman–Crippen MR) is 74.9 cm³/mol. The van der Waals surface area contributed by atoms with E-state index in [1.54, 1.807) is 6.07 Å². The third-order valence-electron chi connectivity index (χ3n) is 2.78. The summed E-state index contributed by atoms with van der Waals surface area (Å²) >= 11 is 0. The molecule has 0 aliphatic heterocycles. The fourth-order valence-electron chi connectivity index (χ4n) is 1.73. The summed E-state index contributed by atoms with van der Waals surface area (Å²) in [7, 11) is -3.74. The molecular weight excluding hydrogens is 294 g/mol. The van der Waals surface area contributed by atoms with E-state index < -0.39 is 16.0 Å². The number of nitrogens with one attached hydrogen (secondary N) is 1. The summed E-state index contributed by atoms with van der Waals surface area (Å²) < 4.78 is 26.4. The molecule has 0 aliphatic carbocycles. The van der Waals surface area contributed by atoms with Gasteiger partial charge in [0.05, 0.1) is 0 Å². The van der Waals surface area contributed by atoms with Crippen LogP contribution in [0.2, 0.25) is 0 Å². The molecule has 7 nitrogen and oxygen atoms in total. The fraction of sp³-hybridized carbons (Fsp3) is 0.462. The first kappa shape index (κ1) is 17.1. The van der Waals surface area contributed by atoms with Gasteiger partial charge in [-0.05, 0) is 25.0 Å². The van der Waals surface area contributed by atoms with Crippen LogP contribution in [0.25, 0.3) is 0 Å². The monoisotopic (exact) mass is 311 g/mol. The van der Waals surface area contributed by atoms with Crippen LogP contribution in [-0.4, -0.2) is 31.0 Å². The number of carboxylic acid groups (broad SMARTS) is 1. The lowest BCUT2D eigenvalue weighted by molar-refractivity contribution is -0.137. The molecule has 0 fully saturated rings. The molecule has 8 heteroatoms. The molecule has 1 aromatic rings. The molecule has 1 heterocycles. The summed E-state index contributed by atoms with van der Waals surface area (Å²) in [6, 6.07) is 4.54. The number of pyridine rings is 1. The third-order valence-corrected chi connectivity index (χ3v) is 4.27. The Morgan fingerprint density at radius 3 is 2.71 bits per heavy atom. The summed E-state index contributed by atoms with van der Waals surface area (Å²) in [5, 5.41) is 17.3. The number of carboxylic acids is 1. The van der Waals surface area contributed by atoms with Gasteiger partial charge in [0.1, 0.15) is 11.0 Å². The summed E-state index contributed by atoms with van der Waals surface area (Å²) in [4.78, 5) is 13.9. The molecule has 0 saturated carbocycles. The lowest BCUT2D eigenvalue weighted by Gasteiger charge is -2.07. The highest BCUT2D eigenvalue weighted by atomic mass is 32.2. The highest BCUT2D eigenvalue weighted by Gasteiger charge is 2.18. The SMILES string of the molecule is N#Cc1ncccc1S(=O)(=O)NCCCCCCC(=O)O. The van der Waals surface area contributed by atoms with Gasteiger partial charge in [0, 0.05) is 19.2 Å². The van der Waals surface area contributed by atoms with E-state index in [0.29, 0.717) is 12.8 Å². The summed E-state index contributed by atoms with van der Waals surface area (Å²) in [5.41, 5.74) is -0.133. The number of rotatable bonds is 9. The van der Waals surface area contributed by atoms with E-state index in [1.165, 1.54) is 18.3 Å². The summed E-state index contributed by atoms with van der Waals surface area (Å²) in [6.07, 6.45) is 4.18. The maximum absolute atomic E-state index is 12.0. The van der Waals surface area contributed by atoms with Crippen LogP contribution in [0.1, 0.15) is 37.8 Å². The van der Waals surface area contributed by atoms with Crippen LogP contribution >= 0.6 is 0 Å². The van der Waals surface area contributed by atoms with Crippen molar-refractivity contribution in [2.75, 3.05) is 6.54 Å². The molecule has 0 spiro atoms. The number of carbonyl (C=O) groups is 1. The van der Waals surface area contributed by atoms with Crippen molar-refractivity contribution in [3.63, 3.8) is 0 Å². The van der Waals surface area contributed by atoms with Crippen LogP contribution in [0.5, 0.6) is 0 Å². The molecule has 0 aromatic carbocycles. The molecular formula is C13H17N3O4S. The van der Waals surface area contributed by atoms with Gasteiger partial charge in [-0.25, -0.2) is 18.1 Å². The normalized spacial score (nSPS) is 11.0. The number of nitriles is 1. The predicted octanol–water partition coefficient (Wildman–Crippen LogP) is 1.27. The maximum atomic E-state index is 12.0. The molecule has 0 amide bonds. The number of hydrogen-bond donors (Lipinski definition) is 2. The van der Waals surface area contributed by atoms with E-state index in [-0.39, 0.29) is 23.6 Å². The molecule has 0 saturated heterocycles. The van der Waals surface area contributed by atoms with Crippen molar-refractivity contribution in [1.29, 1.82) is 5.26 Å². The summed E-state index contributed by atoms with van der Waals surface area (Å²) in [5.74, 6) is -0.823. The zero-order valence-electron chi connectivity index (χ0n) is 11.4. The van der Waals surface area contributed by atoms with E-state index >= 15 is 0 Å². The van der Waals surface area contributed by atoms with Crippen LogP contribution in [0, 0.1) is 11.3 Å². The van der Waals surface area contributed by atoms with Crippen LogP contribution in [0.4, 0.5) is 0 Å². The number of sulfonamides is 1. The van der Waals surface area contributed by atoms with Gasteiger partial charge in [0.15, 0.2) is 5.69 Å². The first-order chi connectivity index (χ1) is 9.97. The number of nitrogens with zero attached hydrogens (tertiary/aromatic N) is 2. The van der Waals surface area contributed by atoms with Crippen LogP contribution in [-0.2, 0) is 14.8 Å². The Morgan fingerprint density at radius 2 is 2.05 bits per heavy atom. The highest BCUT2D eigenvalue weighted by Crippen LogP contribution is 2.12. The van der Waals surface area contributed by atoms with E-state index in [2.05, 4.69) is 9.71 Å². The van der Waals surface area contributed by atoms with Gasteiger partial charge in [-0.15, -0.1) is 0 Å². The fourth-order valence-corrected chi connectivity index (χ4v) is 2.91. The quantitative estimate of drug-likeness (QED) is 0.662. The average Bonchev–Trinajstić information content (AvgIpc) is 2.45. The molecule has 0 radical (unpaired) electrons. The zero-order valence-corrected chi connectivity index (χ0v) is 12.3. The van der Waals surface area contributed by atoms with E-state index in [1.807, 2.05) is 0 Å². The maximum Gasteiger partial charge on any atom is 0.303 e. The lowest BCUT2D eigenvalue weighted by Crippen LogP contribution is -2.25. The van der Waals surface area contributed by atoms with Crippen LogP contribution < -0.4 is 4.72 Å². The van der Waals surface area contributed by atoms with Crippen molar-refractivity contribution in [3.8, 4) is 6.07 Å². The number of unbranched alkanes of at least 4 members (excludes halogenated alkanes) is 3. The second kappa shape index (κ2) is 8.34. The lowest BCUT2D eigenvalue weighted by atomic mass is 10.1. The van der Waals surface area contributed by atoms with E-state index in [9.17, 15) is 13.2 Å². The molecule has 2 N–H and O–H groups in total. The van der Waals surface area contributed by atoms with Gasteiger partial charge < -0.3 is 5.11 Å². The van der Waals surface area contributed by atoms with Gasteiger partial charge in [-0.1, -0.05) is 12.8 Å². The Bertz CT molecular complexity index is 623. The topological polar surface area (TPSA) is 120 Å². The number of aliphatic carboxylic acids is 1. The third kappa shape index (κ3) is 5.89. The molecule has 21 heavy (non-hydrogen) atoms. The van der Waals surface area contributed by atoms with Crippen LogP contribution in [0.15, 0.2) is 23.2 Å². The molecule has 114 valence electrons. The Hall–Kier alpha value is -1.98. The van der Waals surface area contributed by atoms with E-state index in [4.69, 9.17) is 10.4 Å². The van der Waals surface area contributed by atoms with Crippen molar-refractivity contribution in [2.24, 2.45) is 0 Å². The molecule has 0 atom stereocenters. The van der Waals surface area contributed by atoms with Gasteiger partial charge in [0.25, 0.3) is 0 Å². The second-order valence-corrected chi connectivity index (χ2v) is 6.15. The Morgan fingerprint density at radius 1 is 1.33 bits per heavy atom. The first-order valence-electron chi connectivity index (χ1n) is 6.54. The smallest absolute Gasteiger partial charge is 0.303 e. The van der Waals surface area contributed by atoms with Crippen molar-refractivity contribution in [1.82, 2.24) is 9.71 Å². The molecule has 1 aromatic heterocycles. The standard InChI is InChI=1S/C13H17N3O4S/c14-10-11-12(6-5-8-15-11)21(19,20)16-9-4-2-1-3-7-13(17)18/h5-6,8,16H,1-4,7,9H2,(H,17,18). The Labute approximate surface area is 123 Å². The summed E-state index contributed by atoms with van der Waals surface area (Å²) in [6.45, 7) is 0.245. The van der Waals surface area contributed by atoms with Crippen molar-refractivity contribution in [2.45, 2.75) is 37.0 Å². The minimum atomic E-state index is -3.74. The van der Waals surface area contributed by atoms with Crippen LogP contribution in [0.3, 0.4) is 0 Å². The second-order valence-electron chi connectivity index (χ2n) is 4.42. The molecule has 1 rings (SSSR count). The molecule has 0 aliphatic rings. The molecule has 0 bridgehead atoms. The van der Waals surface area contributed by atoms with Crippen molar-refractivity contribution < 1.29 is 18.3 Å². The average molecular weight is 311 g/mol. The zero-order chi connectivity index (χ0) is 15.7. The Balaban J connectivity index is 2.41. The highest BCUT2D eigenvalue weighted by molar-refractivity contribution is 7.89. The minimum Gasteiger partial charge on any atom is -0.481 e. The van der Waals surface area contributed by atoms with Gasteiger partial charge in [-0.2, -0.15) is 5.26 Å². The van der Waals surface area contributed by atoms with Crippen molar-refractivity contribution >= 4 is 16.0 Å². The van der Waals surface area contributed by atoms with Crippen molar-refractivity contribution in [3.05, 3.63) is 24.0 Å². The van der Waals surface area contributed by atoms with E-state index in [0.717, 1.165) is 12.8 Å². The van der Waals surface area contributed by atoms with Gasteiger partial charge in [-0.3, -0.25) is 4.79 Å². The Kier molecular flexibility index (Phi) is 6.78. The first-order valence-corrected chi connectivity index (χ1v) is 8.02. The van der Waals surface area contributed by atoms with Gasteiger partial charge >= 0.3 is 5.97 Å². The number of hydrogen-bond acceptors (Lipinski definition) is 5. The minimum absolute atomic E-state index is 0.127. The largest absolute Gasteiger partial charge is 0.481 e. The number of aromatic nitrogens is 1.